The molecule has 0 atom stereocenters. The van der Waals surface area contributed by atoms with Crippen LogP contribution in [0.15, 0.2) is 18.2 Å². The van der Waals surface area contributed by atoms with Crippen molar-refractivity contribution >= 4 is 23.8 Å². The SMILES string of the molecule is COC(=O)c1cccc(NC(=O)N2CCCN(C(=O)OC)CC2)c1C. The fraction of sp³-hybridized carbons (Fsp3) is 0.471. The molecule has 1 N–H and O–H groups in total. The van der Waals surface area contributed by atoms with Crippen molar-refractivity contribution < 1.29 is 23.9 Å². The average molecular weight is 349 g/mol. The lowest BCUT2D eigenvalue weighted by Gasteiger charge is -2.22. The summed E-state index contributed by atoms with van der Waals surface area (Å²) in [6, 6.07) is 4.81. The molecule has 1 aliphatic heterocycles. The van der Waals surface area contributed by atoms with Crippen molar-refractivity contribution in [1.29, 1.82) is 0 Å². The van der Waals surface area contributed by atoms with Crippen LogP contribution in [-0.2, 0) is 9.47 Å². The van der Waals surface area contributed by atoms with Crippen LogP contribution in [0, 0.1) is 6.92 Å². The lowest BCUT2D eigenvalue weighted by atomic mass is 10.1. The highest BCUT2D eigenvalue weighted by molar-refractivity contribution is 5.96. The summed E-state index contributed by atoms with van der Waals surface area (Å²) in [7, 11) is 2.66. The molecule has 8 nitrogen and oxygen atoms in total. The lowest BCUT2D eigenvalue weighted by molar-refractivity contribution is 0.0600. The molecule has 2 rings (SSSR count). The maximum absolute atomic E-state index is 12.5. The number of hydrogen-bond acceptors (Lipinski definition) is 5. The van der Waals surface area contributed by atoms with E-state index < -0.39 is 5.97 Å². The van der Waals surface area contributed by atoms with E-state index in [0.29, 0.717) is 49.4 Å². The zero-order chi connectivity index (χ0) is 18.4. The molecule has 1 aromatic rings. The molecular formula is C17H23N3O5. The van der Waals surface area contributed by atoms with E-state index in [0.717, 1.165) is 0 Å². The van der Waals surface area contributed by atoms with Gasteiger partial charge in [-0.3, -0.25) is 0 Å². The zero-order valence-electron chi connectivity index (χ0n) is 14.7. The number of rotatable bonds is 2. The number of hydrogen-bond donors (Lipinski definition) is 1. The van der Waals surface area contributed by atoms with E-state index in [1.54, 1.807) is 34.9 Å². The Bertz CT molecular complexity index is 662. The third kappa shape index (κ3) is 4.40. The number of nitrogens with one attached hydrogen (secondary N) is 1. The quantitative estimate of drug-likeness (QED) is 0.826. The molecule has 1 fully saturated rings. The van der Waals surface area contributed by atoms with Crippen molar-refractivity contribution in [3.63, 3.8) is 0 Å². The summed E-state index contributed by atoms with van der Waals surface area (Å²) < 4.78 is 9.47. The van der Waals surface area contributed by atoms with E-state index in [2.05, 4.69) is 5.32 Å². The summed E-state index contributed by atoms with van der Waals surface area (Å²) in [5.74, 6) is -0.447. The number of nitrogens with zero attached hydrogens (tertiary/aromatic N) is 2. The lowest BCUT2D eigenvalue weighted by Crippen LogP contribution is -2.39. The number of carbonyl (C=O) groups excluding carboxylic acids is 3. The van der Waals surface area contributed by atoms with Gasteiger partial charge in [0, 0.05) is 31.9 Å². The Hall–Kier alpha value is -2.77. The summed E-state index contributed by atoms with van der Waals surface area (Å²) in [4.78, 5) is 39.1. The van der Waals surface area contributed by atoms with Gasteiger partial charge in [0.2, 0.25) is 0 Å². The number of ether oxygens (including phenoxy) is 2. The van der Waals surface area contributed by atoms with Crippen LogP contribution in [0.1, 0.15) is 22.3 Å². The minimum absolute atomic E-state index is 0.267. The minimum atomic E-state index is -0.447. The number of carbonyl (C=O) groups is 3. The van der Waals surface area contributed by atoms with Gasteiger partial charge in [-0.2, -0.15) is 0 Å². The summed E-state index contributed by atoms with van der Waals surface area (Å²) in [6.45, 7) is 3.67. The van der Waals surface area contributed by atoms with Crippen molar-refractivity contribution in [2.75, 3.05) is 45.7 Å². The second-order valence-electron chi connectivity index (χ2n) is 5.70. The highest BCUT2D eigenvalue weighted by atomic mass is 16.5. The van der Waals surface area contributed by atoms with E-state index in [9.17, 15) is 14.4 Å². The number of urea groups is 1. The van der Waals surface area contributed by atoms with Gasteiger partial charge < -0.3 is 24.6 Å². The summed E-state index contributed by atoms with van der Waals surface area (Å²) in [5, 5.41) is 2.83. The van der Waals surface area contributed by atoms with Gasteiger partial charge in [0.15, 0.2) is 0 Å². The Labute approximate surface area is 146 Å². The number of benzene rings is 1. The minimum Gasteiger partial charge on any atom is -0.465 e. The number of methoxy groups -OCH3 is 2. The summed E-state index contributed by atoms with van der Waals surface area (Å²) in [5.41, 5.74) is 1.61. The molecule has 0 unspecified atom stereocenters. The monoisotopic (exact) mass is 349 g/mol. The first kappa shape index (κ1) is 18.6. The number of amides is 3. The number of esters is 1. The third-order valence-corrected chi connectivity index (χ3v) is 4.20. The second kappa shape index (κ2) is 8.36. The standard InChI is InChI=1S/C17H23N3O5/c1-12-13(15(21)24-2)6-4-7-14(12)18-16(22)19-8-5-9-20(11-10-19)17(23)25-3/h4,6-7H,5,8-11H2,1-3H3,(H,18,22). The van der Waals surface area contributed by atoms with Crippen molar-refractivity contribution in [2.45, 2.75) is 13.3 Å². The van der Waals surface area contributed by atoms with Crippen LogP contribution in [0.3, 0.4) is 0 Å². The second-order valence-corrected chi connectivity index (χ2v) is 5.70. The van der Waals surface area contributed by atoms with Crippen LogP contribution in [0.4, 0.5) is 15.3 Å². The van der Waals surface area contributed by atoms with Gasteiger partial charge in [0.1, 0.15) is 0 Å². The summed E-state index contributed by atoms with van der Waals surface area (Å²) in [6.07, 6.45) is 0.285. The Morgan fingerprint density at radius 1 is 1.00 bits per heavy atom. The van der Waals surface area contributed by atoms with Crippen LogP contribution < -0.4 is 5.32 Å². The molecule has 1 saturated heterocycles. The van der Waals surface area contributed by atoms with E-state index in [1.807, 2.05) is 0 Å². The molecule has 0 radical (unpaired) electrons. The molecule has 0 saturated carbocycles. The highest BCUT2D eigenvalue weighted by Crippen LogP contribution is 2.20. The first-order valence-electron chi connectivity index (χ1n) is 8.04. The van der Waals surface area contributed by atoms with Crippen LogP contribution in [0.2, 0.25) is 0 Å². The molecule has 1 heterocycles. The molecule has 0 bridgehead atoms. The Morgan fingerprint density at radius 2 is 1.68 bits per heavy atom. The molecule has 25 heavy (non-hydrogen) atoms. The first-order chi connectivity index (χ1) is 12.0. The molecule has 0 aliphatic carbocycles. The highest BCUT2D eigenvalue weighted by Gasteiger charge is 2.23. The van der Waals surface area contributed by atoms with E-state index in [-0.39, 0.29) is 12.1 Å². The molecule has 3 amide bonds. The Morgan fingerprint density at radius 3 is 2.36 bits per heavy atom. The van der Waals surface area contributed by atoms with Gasteiger partial charge in [-0.25, -0.2) is 14.4 Å². The Kier molecular flexibility index (Phi) is 6.21. The van der Waals surface area contributed by atoms with Crippen molar-refractivity contribution in [3.05, 3.63) is 29.3 Å². The topological polar surface area (TPSA) is 88.2 Å². The predicted octanol–water partition coefficient (Wildman–Crippen LogP) is 2.09. The smallest absolute Gasteiger partial charge is 0.409 e. The summed E-state index contributed by atoms with van der Waals surface area (Å²) >= 11 is 0. The molecule has 8 heteroatoms. The fourth-order valence-corrected chi connectivity index (χ4v) is 2.73. The van der Waals surface area contributed by atoms with Crippen molar-refractivity contribution in [1.82, 2.24) is 9.80 Å². The van der Waals surface area contributed by atoms with E-state index in [1.165, 1.54) is 14.2 Å². The third-order valence-electron chi connectivity index (χ3n) is 4.20. The van der Waals surface area contributed by atoms with Gasteiger partial charge in [-0.1, -0.05) is 6.07 Å². The zero-order valence-corrected chi connectivity index (χ0v) is 14.7. The van der Waals surface area contributed by atoms with Crippen LogP contribution in [-0.4, -0.2) is 68.3 Å². The maximum atomic E-state index is 12.5. The average Bonchev–Trinajstić information content (AvgIpc) is 2.88. The van der Waals surface area contributed by atoms with Crippen LogP contribution in [0.5, 0.6) is 0 Å². The predicted molar refractivity (Wildman–Crippen MR) is 91.7 cm³/mol. The van der Waals surface area contributed by atoms with Gasteiger partial charge in [-0.15, -0.1) is 0 Å². The van der Waals surface area contributed by atoms with Crippen molar-refractivity contribution in [3.8, 4) is 0 Å². The first-order valence-corrected chi connectivity index (χ1v) is 8.04. The van der Waals surface area contributed by atoms with Gasteiger partial charge >= 0.3 is 18.1 Å². The van der Waals surface area contributed by atoms with E-state index in [4.69, 9.17) is 9.47 Å². The molecule has 0 aromatic heterocycles. The van der Waals surface area contributed by atoms with Crippen LogP contribution >= 0.6 is 0 Å². The Balaban J connectivity index is 2.05. The van der Waals surface area contributed by atoms with Gasteiger partial charge in [0.05, 0.1) is 19.8 Å². The normalized spacial score (nSPS) is 14.5. The molecule has 1 aromatic carbocycles. The van der Waals surface area contributed by atoms with E-state index >= 15 is 0 Å². The molecule has 136 valence electrons. The molecule has 1 aliphatic rings. The van der Waals surface area contributed by atoms with Crippen LogP contribution in [0.25, 0.3) is 0 Å². The van der Waals surface area contributed by atoms with Gasteiger partial charge in [-0.05, 0) is 31.0 Å². The molecule has 0 spiro atoms. The van der Waals surface area contributed by atoms with Gasteiger partial charge in [0.25, 0.3) is 0 Å². The maximum Gasteiger partial charge on any atom is 0.409 e. The molecular weight excluding hydrogens is 326 g/mol. The number of anilines is 1. The largest absolute Gasteiger partial charge is 0.465 e. The van der Waals surface area contributed by atoms with Crippen molar-refractivity contribution in [2.24, 2.45) is 0 Å². The fourth-order valence-electron chi connectivity index (χ4n) is 2.73.